The molecule has 0 heterocycles. The average Bonchev–Trinajstić information content (AvgIpc) is 2.91. The van der Waals surface area contributed by atoms with Crippen LogP contribution in [0.25, 0.3) is 0 Å². The lowest BCUT2D eigenvalue weighted by Gasteiger charge is -2.39. The van der Waals surface area contributed by atoms with Crippen LogP contribution in [-0.2, 0) is 0 Å². The fraction of sp³-hybridized carbons (Fsp3) is 0.333. The molecule has 0 aliphatic heterocycles. The molecule has 6 nitrogen and oxygen atoms in total. The lowest BCUT2D eigenvalue weighted by atomic mass is 10.3. The van der Waals surface area contributed by atoms with Crippen molar-refractivity contribution in [2.45, 2.75) is 0 Å². The monoisotopic (exact) mass is 613 g/mol. The number of nitrogens with zero attached hydrogens (tertiary/aromatic N) is 3. The molecule has 0 radical (unpaired) electrons. The van der Waals surface area contributed by atoms with Crippen LogP contribution in [-0.4, -0.2) is 92.0 Å². The van der Waals surface area contributed by atoms with Gasteiger partial charge in [-0.25, -0.2) is 0 Å². The van der Waals surface area contributed by atoms with Crippen molar-refractivity contribution in [3.05, 3.63) is 152 Å². The first-order valence-electron chi connectivity index (χ1n) is 14.1. The Balaban J connectivity index is -0.000000249. The van der Waals surface area contributed by atoms with E-state index in [1.807, 2.05) is 72.9 Å². The van der Waals surface area contributed by atoms with Crippen LogP contribution in [0.3, 0.4) is 0 Å². The van der Waals surface area contributed by atoms with Crippen molar-refractivity contribution in [2.75, 3.05) is 78.5 Å². The Bertz CT molecular complexity index is 605. The Morgan fingerprint density at radius 2 is 0.349 bits per heavy atom. The largest absolute Gasteiger partial charge is 0.854 e. The average molecular weight is 614 g/mol. The molecule has 0 aromatic rings. The molecule has 0 aromatic carbocycles. The summed E-state index contributed by atoms with van der Waals surface area (Å²) in [6.45, 7) is 56.5. The van der Waals surface area contributed by atoms with E-state index in [2.05, 4.69) is 78.9 Å². The lowest BCUT2D eigenvalue weighted by Crippen LogP contribution is -2.48. The van der Waals surface area contributed by atoms with Crippen LogP contribution in [0.15, 0.2) is 152 Å². The summed E-state index contributed by atoms with van der Waals surface area (Å²) in [5.74, 6) is 0. The smallest absolute Gasteiger partial charge is 0.0978 e. The second-order valence-corrected chi connectivity index (χ2v) is 10.4. The molecule has 0 amide bonds. The Labute approximate surface area is 266 Å². The topological polar surface area (TPSA) is 69.2 Å². The first kappa shape index (κ1) is 47.0. The SMILES string of the molecule is C=CC[N+](CC=C)(CC=C)CC=C.C=CC[N+](CC=C)(CC=C)CC=C.C=CC[N+](CC=C)(CC=C)CC=C.[O-]P([O-])[O-]. The summed E-state index contributed by atoms with van der Waals surface area (Å²) in [7, 11) is -3.37. The van der Waals surface area contributed by atoms with E-state index >= 15 is 0 Å². The third-order valence-corrected chi connectivity index (χ3v) is 6.20. The number of hydrogen-bond acceptors (Lipinski definition) is 3. The molecule has 242 valence electrons. The van der Waals surface area contributed by atoms with Crippen molar-refractivity contribution < 1.29 is 28.1 Å². The summed E-state index contributed by atoms with van der Waals surface area (Å²) in [5.41, 5.74) is 0. The Morgan fingerprint density at radius 1 is 0.279 bits per heavy atom. The highest BCUT2D eigenvalue weighted by molar-refractivity contribution is 7.33. The highest BCUT2D eigenvalue weighted by Gasteiger charge is 2.22. The first-order valence-corrected chi connectivity index (χ1v) is 15.2. The van der Waals surface area contributed by atoms with E-state index in [1.54, 1.807) is 0 Å². The zero-order chi connectivity index (χ0) is 34.0. The summed E-state index contributed by atoms with van der Waals surface area (Å²) in [6.07, 6.45) is 23.3. The summed E-state index contributed by atoms with van der Waals surface area (Å²) in [4.78, 5) is 25.4. The van der Waals surface area contributed by atoms with Gasteiger partial charge in [0.1, 0.15) is 0 Å². The zero-order valence-electron chi connectivity index (χ0n) is 26.9. The van der Waals surface area contributed by atoms with Gasteiger partial charge in [-0.2, -0.15) is 0 Å². The molecule has 0 atom stereocenters. The van der Waals surface area contributed by atoms with Gasteiger partial charge < -0.3 is 36.7 Å². The third kappa shape index (κ3) is 26.4. The van der Waals surface area contributed by atoms with Crippen molar-refractivity contribution in [3.8, 4) is 0 Å². The molecule has 0 bridgehead atoms. The van der Waals surface area contributed by atoms with Crippen molar-refractivity contribution in [2.24, 2.45) is 0 Å². The minimum Gasteiger partial charge on any atom is -0.854 e. The van der Waals surface area contributed by atoms with E-state index in [0.29, 0.717) is 0 Å². The molecule has 0 aromatic heterocycles. The maximum absolute atomic E-state index is 8.48. The van der Waals surface area contributed by atoms with Gasteiger partial charge in [-0.15, -0.1) is 0 Å². The van der Waals surface area contributed by atoms with Crippen molar-refractivity contribution in [3.63, 3.8) is 0 Å². The Morgan fingerprint density at radius 3 is 0.395 bits per heavy atom. The van der Waals surface area contributed by atoms with Crippen molar-refractivity contribution in [1.82, 2.24) is 0 Å². The molecule has 0 N–H and O–H groups in total. The van der Waals surface area contributed by atoms with Crippen molar-refractivity contribution in [1.29, 1.82) is 0 Å². The summed E-state index contributed by atoms with van der Waals surface area (Å²) >= 11 is 0. The number of rotatable bonds is 24. The number of quaternary nitrogens is 3. The van der Waals surface area contributed by atoms with Gasteiger partial charge in [-0.05, 0) is 72.9 Å². The van der Waals surface area contributed by atoms with Crippen molar-refractivity contribution >= 4 is 8.60 Å². The van der Waals surface area contributed by atoms with Crippen LogP contribution in [0.5, 0.6) is 0 Å². The maximum atomic E-state index is 8.48. The van der Waals surface area contributed by atoms with E-state index in [9.17, 15) is 0 Å². The fourth-order valence-corrected chi connectivity index (χ4v) is 4.63. The predicted octanol–water partition coefficient (Wildman–Crippen LogP) is 4.94. The summed E-state index contributed by atoms with van der Waals surface area (Å²) in [5, 5.41) is 0. The molecule has 0 saturated carbocycles. The van der Waals surface area contributed by atoms with Gasteiger partial charge in [0, 0.05) is 0 Å². The van der Waals surface area contributed by atoms with Crippen LogP contribution >= 0.6 is 8.60 Å². The molecule has 0 aliphatic rings. The van der Waals surface area contributed by atoms with E-state index in [1.165, 1.54) is 0 Å². The second kappa shape index (κ2) is 32.0. The number of hydrogen-bond donors (Lipinski definition) is 0. The van der Waals surface area contributed by atoms with Crippen LogP contribution in [0.4, 0.5) is 0 Å². The van der Waals surface area contributed by atoms with Gasteiger partial charge in [-0.1, -0.05) is 78.9 Å². The van der Waals surface area contributed by atoms with E-state index < -0.39 is 8.60 Å². The van der Waals surface area contributed by atoms with Gasteiger partial charge in [0.2, 0.25) is 0 Å². The molecule has 7 heteroatoms. The summed E-state index contributed by atoms with van der Waals surface area (Å²) in [6, 6.07) is 0. The zero-order valence-corrected chi connectivity index (χ0v) is 27.8. The van der Waals surface area contributed by atoms with Gasteiger partial charge in [0.05, 0.1) is 78.5 Å². The highest BCUT2D eigenvalue weighted by atomic mass is 31.2. The standard InChI is InChI=1S/3C12H20N.O3P/c3*1-5-9-13(10-6-2,11-7-3)12-8-4;1-4(2)3/h3*5-8H,1-4,9-12H2;/q3*+1;-3. The molecule has 0 fully saturated rings. The molecule has 43 heavy (non-hydrogen) atoms. The quantitative estimate of drug-likeness (QED) is 0.0881. The third-order valence-electron chi connectivity index (χ3n) is 6.20. The lowest BCUT2D eigenvalue weighted by molar-refractivity contribution is -0.906. The molecule has 0 spiro atoms. The van der Waals surface area contributed by atoms with Gasteiger partial charge >= 0.3 is 0 Å². The minimum atomic E-state index is -3.37. The fourth-order valence-electron chi connectivity index (χ4n) is 4.63. The highest BCUT2D eigenvalue weighted by Crippen LogP contribution is 2.09. The molecular formula is C36H60N3O3P. The Kier molecular flexibility index (Phi) is 35.0. The van der Waals surface area contributed by atoms with Crippen LogP contribution in [0, 0.1) is 0 Å². The van der Waals surface area contributed by atoms with Gasteiger partial charge in [0.25, 0.3) is 0 Å². The minimum absolute atomic E-state index is 0.903. The molecule has 0 unspecified atom stereocenters. The Hall–Kier alpha value is -2.93. The van der Waals surface area contributed by atoms with Crippen LogP contribution in [0.1, 0.15) is 0 Å². The van der Waals surface area contributed by atoms with Gasteiger partial charge in [-0.3, -0.25) is 0 Å². The second-order valence-electron chi connectivity index (χ2n) is 9.90. The first-order chi connectivity index (χ1) is 20.5. The van der Waals surface area contributed by atoms with Gasteiger partial charge in [0.15, 0.2) is 0 Å². The molecular weight excluding hydrogens is 553 g/mol. The molecule has 0 rings (SSSR count). The normalized spacial score (nSPS) is 10.3. The molecule has 0 aliphatic carbocycles. The molecule has 0 saturated heterocycles. The maximum Gasteiger partial charge on any atom is 0.0978 e. The van der Waals surface area contributed by atoms with E-state index in [4.69, 9.17) is 14.7 Å². The van der Waals surface area contributed by atoms with E-state index in [-0.39, 0.29) is 0 Å². The van der Waals surface area contributed by atoms with Crippen LogP contribution in [0.2, 0.25) is 0 Å². The predicted molar refractivity (Wildman–Crippen MR) is 188 cm³/mol. The van der Waals surface area contributed by atoms with E-state index in [0.717, 1.165) is 92.0 Å². The van der Waals surface area contributed by atoms with Crippen LogP contribution < -0.4 is 14.7 Å². The summed E-state index contributed by atoms with van der Waals surface area (Å²) < 4.78 is 2.71.